The summed E-state index contributed by atoms with van der Waals surface area (Å²) < 4.78 is 32.1. The molecule has 7 nitrogen and oxygen atoms in total. The molecule has 1 N–H and O–H groups in total. The SMILES string of the molecule is Cc1snc2ccc(S(=O)(=O)ONCC(=O)[O-])cc12.[K+]. The number of aromatic nitrogens is 1. The van der Waals surface area contributed by atoms with Gasteiger partial charge in [0.05, 0.1) is 22.9 Å². The molecule has 1 aromatic heterocycles. The van der Waals surface area contributed by atoms with E-state index in [0.29, 0.717) is 5.52 Å². The molecule has 2 rings (SSSR count). The zero-order valence-corrected chi connectivity index (χ0v) is 15.5. The molecule has 0 atom stereocenters. The van der Waals surface area contributed by atoms with Gasteiger partial charge in [0, 0.05) is 10.3 Å². The van der Waals surface area contributed by atoms with Crippen LogP contribution in [-0.4, -0.2) is 25.3 Å². The maximum absolute atomic E-state index is 11.8. The van der Waals surface area contributed by atoms with Gasteiger partial charge in [0.2, 0.25) is 0 Å². The van der Waals surface area contributed by atoms with Crippen molar-refractivity contribution in [3.8, 4) is 0 Å². The van der Waals surface area contributed by atoms with E-state index < -0.39 is 22.6 Å². The van der Waals surface area contributed by atoms with Crippen LogP contribution < -0.4 is 62.0 Å². The number of hydrogen-bond donors (Lipinski definition) is 1. The molecule has 0 aliphatic carbocycles. The number of benzene rings is 1. The number of fused-ring (bicyclic) bond motifs is 1. The van der Waals surface area contributed by atoms with Gasteiger partial charge >= 0.3 is 61.5 Å². The largest absolute Gasteiger partial charge is 1.00 e. The van der Waals surface area contributed by atoms with E-state index in [1.165, 1.54) is 23.7 Å². The van der Waals surface area contributed by atoms with Crippen molar-refractivity contribution in [3.05, 3.63) is 23.1 Å². The fourth-order valence-corrected chi connectivity index (χ4v) is 2.88. The summed E-state index contributed by atoms with van der Waals surface area (Å²) in [6.07, 6.45) is 0. The molecule has 0 aliphatic heterocycles. The molecular formula is C10H9KN2O5S2. The topological polar surface area (TPSA) is 108 Å². The standard InChI is InChI=1S/C10H10N2O5S2.K/c1-6-8-4-7(2-3-9(8)12-18-6)19(15,16)17-11-5-10(13)14;/h2-4,11H,5H2,1H3,(H,13,14);/q;+1/p-1. The molecule has 0 spiro atoms. The first-order valence-electron chi connectivity index (χ1n) is 5.12. The van der Waals surface area contributed by atoms with Gasteiger partial charge in [0.15, 0.2) is 0 Å². The summed E-state index contributed by atoms with van der Waals surface area (Å²) in [5.74, 6) is -1.47. The van der Waals surface area contributed by atoms with Crippen LogP contribution in [0.15, 0.2) is 23.1 Å². The molecule has 0 radical (unpaired) electrons. The van der Waals surface area contributed by atoms with Gasteiger partial charge < -0.3 is 9.90 Å². The van der Waals surface area contributed by atoms with E-state index in [4.69, 9.17) is 0 Å². The van der Waals surface area contributed by atoms with Crippen LogP contribution in [0.4, 0.5) is 0 Å². The predicted octanol–water partition coefficient (Wildman–Crippen LogP) is -3.43. The maximum atomic E-state index is 11.8. The first-order valence-corrected chi connectivity index (χ1v) is 7.30. The van der Waals surface area contributed by atoms with Crippen LogP contribution >= 0.6 is 11.5 Å². The first kappa shape index (κ1) is 18.1. The zero-order chi connectivity index (χ0) is 14.0. The van der Waals surface area contributed by atoms with Crippen molar-refractivity contribution in [3.63, 3.8) is 0 Å². The Bertz CT molecular complexity index is 728. The van der Waals surface area contributed by atoms with Crippen LogP contribution in [0.1, 0.15) is 4.88 Å². The summed E-state index contributed by atoms with van der Waals surface area (Å²) in [4.78, 5) is 11.0. The van der Waals surface area contributed by atoms with Gasteiger partial charge in [-0.1, -0.05) is 0 Å². The number of aliphatic carboxylic acids is 1. The minimum atomic E-state index is -4.07. The second-order valence-corrected chi connectivity index (χ2v) is 6.17. The molecule has 0 saturated heterocycles. The van der Waals surface area contributed by atoms with Gasteiger partial charge in [-0.3, -0.25) is 0 Å². The quantitative estimate of drug-likeness (QED) is 0.446. The molecule has 0 unspecified atom stereocenters. The number of rotatable bonds is 5. The van der Waals surface area contributed by atoms with Crippen LogP contribution in [0.3, 0.4) is 0 Å². The van der Waals surface area contributed by atoms with Gasteiger partial charge in [0.1, 0.15) is 0 Å². The fourth-order valence-electron chi connectivity index (χ4n) is 1.41. The molecule has 10 heteroatoms. The van der Waals surface area contributed by atoms with E-state index in [9.17, 15) is 18.3 Å². The molecule has 0 amide bonds. The molecule has 0 fully saturated rings. The van der Waals surface area contributed by atoms with Crippen molar-refractivity contribution >= 4 is 38.5 Å². The Morgan fingerprint density at radius 3 is 2.85 bits per heavy atom. The number of carbonyl (C=O) groups excluding carboxylic acids is 1. The molecule has 1 aromatic carbocycles. The average molecular weight is 340 g/mol. The third-order valence-electron chi connectivity index (χ3n) is 2.30. The Morgan fingerprint density at radius 1 is 1.50 bits per heavy atom. The van der Waals surface area contributed by atoms with Crippen LogP contribution in [0.2, 0.25) is 0 Å². The third kappa shape index (κ3) is 4.29. The number of nitrogens with zero attached hydrogens (tertiary/aromatic N) is 1. The van der Waals surface area contributed by atoms with Crippen molar-refractivity contribution in [2.45, 2.75) is 11.8 Å². The Balaban J connectivity index is 0.00000200. The Labute approximate surface area is 162 Å². The fraction of sp³-hybridized carbons (Fsp3) is 0.200. The van der Waals surface area contributed by atoms with Crippen LogP contribution in [0.5, 0.6) is 0 Å². The molecule has 0 aliphatic rings. The number of hydrogen-bond acceptors (Lipinski definition) is 8. The normalized spacial score (nSPS) is 11.2. The molecule has 102 valence electrons. The summed E-state index contributed by atoms with van der Waals surface area (Å²) in [5.41, 5.74) is 2.52. The second-order valence-electron chi connectivity index (χ2n) is 3.65. The number of hydroxylamine groups is 1. The average Bonchev–Trinajstić information content (AvgIpc) is 2.70. The molecule has 0 bridgehead atoms. The molecular weight excluding hydrogens is 331 g/mol. The number of carboxylic acid groups (broad SMARTS) is 1. The molecule has 1 heterocycles. The van der Waals surface area contributed by atoms with Crippen LogP contribution in [-0.2, 0) is 19.2 Å². The van der Waals surface area contributed by atoms with Crippen molar-refractivity contribution in [2.24, 2.45) is 0 Å². The minimum absolute atomic E-state index is 0. The summed E-state index contributed by atoms with van der Waals surface area (Å²) in [6, 6.07) is 4.34. The molecule has 20 heavy (non-hydrogen) atoms. The van der Waals surface area contributed by atoms with Gasteiger partial charge in [-0.15, -0.1) is 0 Å². The van der Waals surface area contributed by atoms with Crippen LogP contribution in [0.25, 0.3) is 10.9 Å². The first-order chi connectivity index (χ1) is 8.90. The van der Waals surface area contributed by atoms with Gasteiger partial charge in [-0.25, -0.2) is 0 Å². The maximum Gasteiger partial charge on any atom is 1.00 e. The Morgan fingerprint density at radius 2 is 2.20 bits per heavy atom. The van der Waals surface area contributed by atoms with Gasteiger partial charge in [-0.05, 0) is 36.7 Å². The van der Waals surface area contributed by atoms with Crippen molar-refractivity contribution in [1.82, 2.24) is 9.85 Å². The number of carboxylic acids is 1. The Kier molecular flexibility index (Phi) is 6.69. The summed E-state index contributed by atoms with van der Waals surface area (Å²) in [6.45, 7) is 1.10. The van der Waals surface area contributed by atoms with Crippen molar-refractivity contribution < 1.29 is 74.0 Å². The van der Waals surface area contributed by atoms with Crippen molar-refractivity contribution in [2.75, 3.05) is 6.54 Å². The summed E-state index contributed by atoms with van der Waals surface area (Å²) in [5, 5.41) is 10.9. The van der Waals surface area contributed by atoms with E-state index in [0.717, 1.165) is 10.3 Å². The molecule has 0 saturated carbocycles. The number of aryl methyl sites for hydroxylation is 1. The summed E-state index contributed by atoms with van der Waals surface area (Å²) >= 11 is 1.27. The summed E-state index contributed by atoms with van der Waals surface area (Å²) in [7, 11) is -4.07. The smallest absolute Gasteiger partial charge is 0.549 e. The predicted molar refractivity (Wildman–Crippen MR) is 65.6 cm³/mol. The monoisotopic (exact) mass is 340 g/mol. The van der Waals surface area contributed by atoms with Crippen LogP contribution in [0, 0.1) is 6.92 Å². The van der Waals surface area contributed by atoms with E-state index in [2.05, 4.69) is 8.66 Å². The van der Waals surface area contributed by atoms with Crippen molar-refractivity contribution in [1.29, 1.82) is 0 Å². The number of nitrogens with one attached hydrogen (secondary N) is 1. The molecule has 2 aromatic rings. The van der Waals surface area contributed by atoms with Gasteiger partial charge in [0.25, 0.3) is 0 Å². The Hall–Kier alpha value is 0.0864. The van der Waals surface area contributed by atoms with E-state index in [-0.39, 0.29) is 56.3 Å². The van der Waals surface area contributed by atoms with E-state index in [1.807, 2.05) is 12.4 Å². The number of carbonyl (C=O) groups is 1. The third-order valence-corrected chi connectivity index (χ3v) is 4.25. The zero-order valence-electron chi connectivity index (χ0n) is 10.7. The van der Waals surface area contributed by atoms with E-state index in [1.54, 1.807) is 6.07 Å². The second kappa shape index (κ2) is 7.38. The van der Waals surface area contributed by atoms with Gasteiger partial charge in [-0.2, -0.15) is 22.6 Å². The minimum Gasteiger partial charge on any atom is -0.549 e. The van der Waals surface area contributed by atoms with E-state index >= 15 is 0 Å².